The van der Waals surface area contributed by atoms with E-state index in [0.717, 1.165) is 11.3 Å². The zero-order valence-corrected chi connectivity index (χ0v) is 17.9. The van der Waals surface area contributed by atoms with E-state index in [9.17, 15) is 19.2 Å². The zero-order chi connectivity index (χ0) is 22.7. The Morgan fingerprint density at radius 3 is 2.68 bits per heavy atom. The first-order valence-electron chi connectivity index (χ1n) is 10.1. The zero-order valence-electron chi connectivity index (χ0n) is 17.9. The largest absolute Gasteiger partial charge is 0.495 e. The highest BCUT2D eigenvalue weighted by Crippen LogP contribution is 2.33. The number of nitrogen functional groups attached to an aromatic ring is 1. The van der Waals surface area contributed by atoms with Crippen LogP contribution in [0.3, 0.4) is 0 Å². The summed E-state index contributed by atoms with van der Waals surface area (Å²) >= 11 is 0. The van der Waals surface area contributed by atoms with Crippen molar-refractivity contribution in [1.82, 2.24) is 9.55 Å². The maximum Gasteiger partial charge on any atom is 0.330 e. The molecule has 0 bridgehead atoms. The fraction of sp³-hybridized carbons (Fsp3) is 0.429. The van der Waals surface area contributed by atoms with Gasteiger partial charge < -0.3 is 20.3 Å². The van der Waals surface area contributed by atoms with E-state index in [4.69, 9.17) is 10.5 Å². The lowest BCUT2D eigenvalue weighted by Gasteiger charge is -2.23. The van der Waals surface area contributed by atoms with Crippen molar-refractivity contribution in [2.24, 2.45) is 5.92 Å². The van der Waals surface area contributed by atoms with E-state index in [2.05, 4.69) is 4.98 Å². The quantitative estimate of drug-likeness (QED) is 0.674. The summed E-state index contributed by atoms with van der Waals surface area (Å²) in [6, 6.07) is 7.07. The molecule has 2 heterocycles. The van der Waals surface area contributed by atoms with Gasteiger partial charge in [-0.1, -0.05) is 25.5 Å². The molecule has 1 aromatic heterocycles. The lowest BCUT2D eigenvalue weighted by atomic mass is 10.1. The molecule has 1 atom stereocenters. The summed E-state index contributed by atoms with van der Waals surface area (Å²) in [7, 11) is 2.94. The number of para-hydroxylation sites is 2. The van der Waals surface area contributed by atoms with Crippen molar-refractivity contribution in [3.05, 3.63) is 45.1 Å². The number of methoxy groups -OCH3 is 1. The minimum absolute atomic E-state index is 0.00545. The van der Waals surface area contributed by atoms with Crippen LogP contribution in [0, 0.1) is 5.92 Å². The number of hydrogen-bond donors (Lipinski definition) is 2. The summed E-state index contributed by atoms with van der Waals surface area (Å²) in [5.74, 6) is -0.850. The molecular weight excluding hydrogens is 402 g/mol. The number of aromatic nitrogens is 2. The Bertz CT molecular complexity index is 1110. The monoisotopic (exact) mass is 429 g/mol. The van der Waals surface area contributed by atoms with E-state index < -0.39 is 23.1 Å². The number of nitrogens with two attached hydrogens (primary N) is 1. The highest BCUT2D eigenvalue weighted by atomic mass is 16.5. The second-order valence-electron chi connectivity index (χ2n) is 7.47. The number of carbonyl (C=O) groups excluding carboxylic acids is 2. The summed E-state index contributed by atoms with van der Waals surface area (Å²) in [4.78, 5) is 55.2. The standard InChI is InChI=1S/C21H27N5O5/c1-4-5-10-25-18(22)17(19(28)23-21(25)30)24(2)20(29)13-11-16(27)26(12-13)14-8-6-7-9-15(14)31-3/h6-9,13H,4-5,10-12,22H2,1-3H3,(H,23,28,30)/t13-/m1/s1. The molecule has 3 N–H and O–H groups in total. The molecule has 0 aliphatic carbocycles. The van der Waals surface area contributed by atoms with Crippen LogP contribution in [0.2, 0.25) is 0 Å². The first kappa shape index (κ1) is 22.1. The molecule has 2 aromatic rings. The number of benzene rings is 1. The first-order chi connectivity index (χ1) is 14.8. The van der Waals surface area contributed by atoms with E-state index >= 15 is 0 Å². The number of aromatic amines is 1. The van der Waals surface area contributed by atoms with E-state index in [1.54, 1.807) is 24.3 Å². The number of rotatable bonds is 7. The Balaban J connectivity index is 1.88. The third-order valence-electron chi connectivity index (χ3n) is 5.47. The summed E-state index contributed by atoms with van der Waals surface area (Å²) in [6.07, 6.45) is 1.52. The summed E-state index contributed by atoms with van der Waals surface area (Å²) < 4.78 is 6.58. The Morgan fingerprint density at radius 1 is 1.29 bits per heavy atom. The molecule has 1 aliphatic heterocycles. The minimum Gasteiger partial charge on any atom is -0.495 e. The van der Waals surface area contributed by atoms with Crippen LogP contribution in [0.15, 0.2) is 33.9 Å². The molecule has 10 nitrogen and oxygen atoms in total. The molecule has 3 rings (SSSR count). The molecule has 166 valence electrons. The predicted octanol–water partition coefficient (Wildman–Crippen LogP) is 0.943. The van der Waals surface area contributed by atoms with Crippen molar-refractivity contribution in [2.45, 2.75) is 32.7 Å². The number of amides is 2. The first-order valence-corrected chi connectivity index (χ1v) is 10.1. The average molecular weight is 429 g/mol. The molecular formula is C21H27N5O5. The number of H-pyrrole nitrogens is 1. The van der Waals surface area contributed by atoms with Crippen LogP contribution in [0.5, 0.6) is 5.75 Å². The van der Waals surface area contributed by atoms with Gasteiger partial charge in [0, 0.05) is 26.6 Å². The van der Waals surface area contributed by atoms with E-state index in [0.29, 0.717) is 24.4 Å². The van der Waals surface area contributed by atoms with Crippen LogP contribution in [0.25, 0.3) is 0 Å². The smallest absolute Gasteiger partial charge is 0.330 e. The van der Waals surface area contributed by atoms with Crippen molar-refractivity contribution in [1.29, 1.82) is 0 Å². The van der Waals surface area contributed by atoms with Gasteiger partial charge in [-0.05, 0) is 18.6 Å². The highest BCUT2D eigenvalue weighted by molar-refractivity contribution is 6.05. The molecule has 1 fully saturated rings. The van der Waals surface area contributed by atoms with Crippen molar-refractivity contribution in [2.75, 3.05) is 36.2 Å². The van der Waals surface area contributed by atoms with E-state index in [1.807, 2.05) is 6.92 Å². The van der Waals surface area contributed by atoms with Gasteiger partial charge in [0.2, 0.25) is 11.8 Å². The highest BCUT2D eigenvalue weighted by Gasteiger charge is 2.38. The molecule has 31 heavy (non-hydrogen) atoms. The van der Waals surface area contributed by atoms with Gasteiger partial charge in [-0.2, -0.15) is 0 Å². The lowest BCUT2D eigenvalue weighted by Crippen LogP contribution is -2.42. The number of hydrogen-bond acceptors (Lipinski definition) is 6. The summed E-state index contributed by atoms with van der Waals surface area (Å²) in [5.41, 5.74) is 5.24. The number of carbonyl (C=O) groups is 2. The normalized spacial score (nSPS) is 15.9. The number of nitrogens with zero attached hydrogens (tertiary/aromatic N) is 3. The third kappa shape index (κ3) is 4.18. The molecule has 1 aliphatic rings. The summed E-state index contributed by atoms with van der Waals surface area (Å²) in [5, 5.41) is 0. The number of nitrogens with one attached hydrogen (secondary N) is 1. The van der Waals surface area contributed by atoms with Gasteiger partial charge in [0.1, 0.15) is 11.6 Å². The van der Waals surface area contributed by atoms with Gasteiger partial charge in [0.15, 0.2) is 5.69 Å². The Hall–Kier alpha value is -3.56. The van der Waals surface area contributed by atoms with E-state index in [-0.39, 0.29) is 30.4 Å². The van der Waals surface area contributed by atoms with Crippen LogP contribution in [0.4, 0.5) is 17.2 Å². The van der Waals surface area contributed by atoms with Crippen molar-refractivity contribution in [3.63, 3.8) is 0 Å². The molecule has 0 spiro atoms. The molecule has 1 saturated heterocycles. The van der Waals surface area contributed by atoms with Gasteiger partial charge in [-0.15, -0.1) is 0 Å². The topological polar surface area (TPSA) is 131 Å². The maximum atomic E-state index is 13.2. The van der Waals surface area contributed by atoms with Gasteiger partial charge in [-0.3, -0.25) is 23.9 Å². The van der Waals surface area contributed by atoms with Gasteiger partial charge in [0.25, 0.3) is 5.56 Å². The molecule has 0 unspecified atom stereocenters. The Kier molecular flexibility index (Phi) is 6.47. The summed E-state index contributed by atoms with van der Waals surface area (Å²) in [6.45, 7) is 2.44. The Labute approximate surface area is 179 Å². The Morgan fingerprint density at radius 2 is 2.00 bits per heavy atom. The number of anilines is 3. The third-order valence-corrected chi connectivity index (χ3v) is 5.47. The molecule has 2 amide bonds. The lowest BCUT2D eigenvalue weighted by molar-refractivity contribution is -0.124. The van der Waals surface area contributed by atoms with Crippen molar-refractivity contribution >= 4 is 29.0 Å². The van der Waals surface area contributed by atoms with Crippen molar-refractivity contribution in [3.8, 4) is 5.75 Å². The fourth-order valence-corrected chi connectivity index (χ4v) is 3.78. The van der Waals surface area contributed by atoms with Crippen LogP contribution >= 0.6 is 0 Å². The SMILES string of the molecule is CCCCn1c(N)c(N(C)C(=O)[C@@H]2CC(=O)N(c3ccccc3OC)C2)c(=O)[nH]c1=O. The minimum atomic E-state index is -0.739. The molecule has 0 radical (unpaired) electrons. The molecule has 1 aromatic carbocycles. The molecule has 0 saturated carbocycles. The molecule has 10 heteroatoms. The maximum absolute atomic E-state index is 13.2. The van der Waals surface area contributed by atoms with Crippen molar-refractivity contribution < 1.29 is 14.3 Å². The predicted molar refractivity (Wildman–Crippen MR) is 118 cm³/mol. The number of ether oxygens (including phenoxy) is 1. The van der Waals surface area contributed by atoms with Crippen LogP contribution in [-0.4, -0.2) is 42.1 Å². The number of unbranched alkanes of at least 4 members (excludes halogenated alkanes) is 1. The fourth-order valence-electron chi connectivity index (χ4n) is 3.78. The van der Waals surface area contributed by atoms with Gasteiger partial charge >= 0.3 is 5.69 Å². The van der Waals surface area contributed by atoms with E-state index in [1.165, 1.54) is 23.6 Å². The van der Waals surface area contributed by atoms with Crippen LogP contribution in [0.1, 0.15) is 26.2 Å². The van der Waals surface area contributed by atoms with Gasteiger partial charge in [0.05, 0.1) is 18.7 Å². The average Bonchev–Trinajstić information content (AvgIpc) is 3.14. The van der Waals surface area contributed by atoms with Crippen LogP contribution in [-0.2, 0) is 16.1 Å². The van der Waals surface area contributed by atoms with Crippen LogP contribution < -0.4 is 31.5 Å². The second-order valence-corrected chi connectivity index (χ2v) is 7.47. The second kappa shape index (κ2) is 9.07. The van der Waals surface area contributed by atoms with Gasteiger partial charge in [-0.25, -0.2) is 4.79 Å².